The van der Waals surface area contributed by atoms with Gasteiger partial charge in [-0.25, -0.2) is 0 Å². The van der Waals surface area contributed by atoms with Crippen LogP contribution >= 0.6 is 11.6 Å². The summed E-state index contributed by atoms with van der Waals surface area (Å²) in [5, 5.41) is 16.3. The molecule has 1 N–H and O–H groups in total. The molecule has 0 aliphatic rings. The van der Waals surface area contributed by atoms with Crippen molar-refractivity contribution in [1.82, 2.24) is 25.5 Å². The third kappa shape index (κ3) is 5.41. The predicted octanol–water partition coefficient (Wildman–Crippen LogP) is 4.15. The smallest absolute Gasteiger partial charge is 0.226 e. The molecule has 0 spiro atoms. The Hall–Kier alpha value is -2.73. The number of hydrogen-bond acceptors (Lipinski definition) is 4. The van der Waals surface area contributed by atoms with Crippen LogP contribution in [-0.2, 0) is 24.2 Å². The van der Waals surface area contributed by atoms with E-state index in [0.29, 0.717) is 23.8 Å². The molecule has 1 heterocycles. The van der Waals surface area contributed by atoms with Crippen molar-refractivity contribution in [3.63, 3.8) is 0 Å². The normalized spacial score (nSPS) is 11.4. The van der Waals surface area contributed by atoms with Crippen LogP contribution in [0.3, 0.4) is 0 Å². The fraction of sp³-hybridized carbons (Fsp3) is 0.364. The van der Waals surface area contributed by atoms with Crippen molar-refractivity contribution in [2.45, 2.75) is 46.6 Å². The zero-order valence-electron chi connectivity index (χ0n) is 17.0. The molecule has 0 radical (unpaired) electrons. The van der Waals surface area contributed by atoms with E-state index in [1.54, 1.807) is 0 Å². The first-order valence-corrected chi connectivity index (χ1v) is 10.2. The molecule has 0 saturated carbocycles. The first-order chi connectivity index (χ1) is 13.9. The Morgan fingerprint density at radius 3 is 2.55 bits per heavy atom. The Bertz CT molecular complexity index is 965. The third-order valence-corrected chi connectivity index (χ3v) is 5.14. The molecule has 0 fully saturated rings. The zero-order chi connectivity index (χ0) is 20.9. The fourth-order valence-corrected chi connectivity index (χ4v) is 3.24. The minimum absolute atomic E-state index is 0.0855. The fourth-order valence-electron chi connectivity index (χ4n) is 3.04. The highest BCUT2D eigenvalue weighted by molar-refractivity contribution is 6.31. The number of benzene rings is 2. The molecule has 7 heteroatoms. The van der Waals surface area contributed by atoms with Crippen molar-refractivity contribution in [3.05, 3.63) is 70.5 Å². The maximum absolute atomic E-state index is 12.7. The van der Waals surface area contributed by atoms with Crippen molar-refractivity contribution < 1.29 is 4.79 Å². The highest BCUT2D eigenvalue weighted by atomic mass is 35.5. The van der Waals surface area contributed by atoms with Crippen LogP contribution in [0, 0.1) is 5.41 Å². The number of nitrogens with one attached hydrogen (secondary N) is 1. The molecule has 3 aromatic rings. The van der Waals surface area contributed by atoms with Gasteiger partial charge in [0.05, 0.1) is 11.1 Å². The Morgan fingerprint density at radius 2 is 1.86 bits per heavy atom. The molecule has 2 aromatic carbocycles. The van der Waals surface area contributed by atoms with Crippen LogP contribution in [0.1, 0.15) is 44.1 Å². The molecular formula is C22H26ClN5O. The van der Waals surface area contributed by atoms with Crippen molar-refractivity contribution in [2.75, 3.05) is 0 Å². The summed E-state index contributed by atoms with van der Waals surface area (Å²) < 4.78 is 0. The average Bonchev–Trinajstić information content (AvgIpc) is 3.15. The summed E-state index contributed by atoms with van der Waals surface area (Å²) in [6.07, 6.45) is 2.54. The van der Waals surface area contributed by atoms with Crippen LogP contribution in [0.25, 0.3) is 5.69 Å². The lowest BCUT2D eigenvalue weighted by Gasteiger charge is -2.22. The number of aromatic nitrogens is 4. The largest absolute Gasteiger partial charge is 0.351 e. The molecular weight excluding hydrogens is 386 g/mol. The van der Waals surface area contributed by atoms with Gasteiger partial charge in [-0.15, -0.1) is 15.0 Å². The Morgan fingerprint density at radius 1 is 1.14 bits per heavy atom. The van der Waals surface area contributed by atoms with Crippen molar-refractivity contribution in [2.24, 2.45) is 5.41 Å². The topological polar surface area (TPSA) is 72.7 Å². The van der Waals surface area contributed by atoms with Gasteiger partial charge in [-0.1, -0.05) is 69.1 Å². The van der Waals surface area contributed by atoms with E-state index in [1.807, 2.05) is 50.2 Å². The number of rotatable bonds is 8. The van der Waals surface area contributed by atoms with Gasteiger partial charge in [0.2, 0.25) is 5.91 Å². The number of halogens is 1. The van der Waals surface area contributed by atoms with E-state index in [4.69, 9.17) is 11.6 Å². The van der Waals surface area contributed by atoms with E-state index in [9.17, 15) is 4.79 Å². The molecule has 0 aliphatic heterocycles. The van der Waals surface area contributed by atoms with Gasteiger partial charge in [0.25, 0.3) is 0 Å². The third-order valence-electron chi connectivity index (χ3n) is 4.77. The van der Waals surface area contributed by atoms with E-state index >= 15 is 0 Å². The van der Waals surface area contributed by atoms with Crippen LogP contribution in [0.5, 0.6) is 0 Å². The molecule has 152 valence electrons. The van der Waals surface area contributed by atoms with Gasteiger partial charge in [0.15, 0.2) is 5.82 Å². The minimum atomic E-state index is -0.680. The summed E-state index contributed by atoms with van der Waals surface area (Å²) in [6, 6.07) is 15.6. The van der Waals surface area contributed by atoms with Gasteiger partial charge in [0.1, 0.15) is 0 Å². The number of amides is 1. The molecule has 6 nitrogen and oxygen atoms in total. The monoisotopic (exact) mass is 411 g/mol. The van der Waals surface area contributed by atoms with Gasteiger partial charge < -0.3 is 5.32 Å². The lowest BCUT2D eigenvalue weighted by atomic mass is 9.88. The van der Waals surface area contributed by atoms with E-state index in [-0.39, 0.29) is 5.91 Å². The Kier molecular flexibility index (Phi) is 6.64. The maximum atomic E-state index is 12.7. The molecule has 0 unspecified atom stereocenters. The second-order valence-electron chi connectivity index (χ2n) is 7.75. The van der Waals surface area contributed by atoms with Crippen LogP contribution in [0.4, 0.5) is 0 Å². The van der Waals surface area contributed by atoms with Crippen molar-refractivity contribution in [1.29, 1.82) is 0 Å². The SMILES string of the molecule is CCCc1ccc(-n2nnc(CC(C)(C)C(=O)NCc3ccccc3Cl)n2)cc1. The summed E-state index contributed by atoms with van der Waals surface area (Å²) in [7, 11) is 0. The molecule has 0 bridgehead atoms. The molecule has 29 heavy (non-hydrogen) atoms. The molecule has 0 saturated heterocycles. The summed E-state index contributed by atoms with van der Waals surface area (Å²) in [5.74, 6) is 0.443. The summed E-state index contributed by atoms with van der Waals surface area (Å²) in [4.78, 5) is 14.2. The second kappa shape index (κ2) is 9.18. The number of carbonyl (C=O) groups is 1. The van der Waals surface area contributed by atoms with E-state index in [2.05, 4.69) is 39.8 Å². The van der Waals surface area contributed by atoms with Gasteiger partial charge in [-0.2, -0.15) is 0 Å². The number of aryl methyl sites for hydroxylation is 1. The number of hydrogen-bond donors (Lipinski definition) is 1. The standard InChI is InChI=1S/C22H26ClN5O/c1-4-7-16-10-12-18(13-11-16)28-26-20(25-27-28)14-22(2,3)21(29)24-15-17-8-5-6-9-19(17)23/h5-6,8-13H,4,7,14-15H2,1-3H3,(H,24,29). The zero-order valence-corrected chi connectivity index (χ0v) is 17.8. The van der Waals surface area contributed by atoms with E-state index < -0.39 is 5.41 Å². The molecule has 0 atom stereocenters. The van der Waals surface area contributed by atoms with Crippen molar-refractivity contribution in [3.8, 4) is 5.69 Å². The van der Waals surface area contributed by atoms with Gasteiger partial charge in [-0.3, -0.25) is 4.79 Å². The van der Waals surface area contributed by atoms with Gasteiger partial charge in [-0.05, 0) is 41.0 Å². The summed E-state index contributed by atoms with van der Waals surface area (Å²) in [6.45, 7) is 6.28. The second-order valence-corrected chi connectivity index (χ2v) is 8.15. The van der Waals surface area contributed by atoms with Crippen LogP contribution in [-0.4, -0.2) is 26.1 Å². The lowest BCUT2D eigenvalue weighted by molar-refractivity contribution is -0.129. The van der Waals surface area contributed by atoms with Gasteiger partial charge in [0, 0.05) is 18.0 Å². The first kappa shape index (κ1) is 21.0. The highest BCUT2D eigenvalue weighted by Crippen LogP contribution is 2.21. The van der Waals surface area contributed by atoms with Crippen LogP contribution in [0.2, 0.25) is 5.02 Å². The number of nitrogens with zero attached hydrogens (tertiary/aromatic N) is 4. The van der Waals surface area contributed by atoms with Crippen molar-refractivity contribution >= 4 is 17.5 Å². The quantitative estimate of drug-likeness (QED) is 0.604. The Balaban J connectivity index is 1.62. The number of tetrazole rings is 1. The molecule has 3 rings (SSSR count). The first-order valence-electron chi connectivity index (χ1n) is 9.79. The highest BCUT2D eigenvalue weighted by Gasteiger charge is 2.30. The van der Waals surface area contributed by atoms with E-state index in [0.717, 1.165) is 24.1 Å². The molecule has 0 aliphatic carbocycles. The van der Waals surface area contributed by atoms with Crippen LogP contribution in [0.15, 0.2) is 48.5 Å². The molecule has 1 aromatic heterocycles. The average molecular weight is 412 g/mol. The van der Waals surface area contributed by atoms with E-state index in [1.165, 1.54) is 10.4 Å². The predicted molar refractivity (Wildman–Crippen MR) is 114 cm³/mol. The maximum Gasteiger partial charge on any atom is 0.226 e. The Labute approximate surface area is 176 Å². The van der Waals surface area contributed by atoms with Crippen LogP contribution < -0.4 is 5.32 Å². The molecule has 1 amide bonds. The number of carbonyl (C=O) groups excluding carboxylic acids is 1. The summed E-state index contributed by atoms with van der Waals surface area (Å²) >= 11 is 6.16. The summed E-state index contributed by atoms with van der Waals surface area (Å²) in [5.41, 5.74) is 2.34. The minimum Gasteiger partial charge on any atom is -0.351 e. The lowest BCUT2D eigenvalue weighted by Crippen LogP contribution is -2.38. The van der Waals surface area contributed by atoms with Gasteiger partial charge >= 0.3 is 0 Å².